The number of aromatic nitrogens is 4. The highest BCUT2D eigenvalue weighted by Crippen LogP contribution is 2.36. The zero-order valence-corrected chi connectivity index (χ0v) is 14.8. The van der Waals surface area contributed by atoms with Crippen LogP contribution < -0.4 is 16.0 Å². The SMILES string of the molecule is COc1ccc(-c2nc3n[nH]c(N)c3c3c2c(=O)n(O)c2ccccc32)cc1. The number of nitrogen functional groups attached to an aromatic ring is 1. The van der Waals surface area contributed by atoms with Crippen molar-refractivity contribution in [1.82, 2.24) is 19.9 Å². The topological polar surface area (TPSA) is 119 Å². The number of ether oxygens (including phenoxy) is 1. The van der Waals surface area contributed by atoms with E-state index in [-0.39, 0.29) is 5.39 Å². The fourth-order valence-corrected chi connectivity index (χ4v) is 3.60. The largest absolute Gasteiger partial charge is 0.497 e. The van der Waals surface area contributed by atoms with Crippen LogP contribution in [-0.2, 0) is 0 Å². The summed E-state index contributed by atoms with van der Waals surface area (Å²) in [5, 5.41) is 19.5. The van der Waals surface area contributed by atoms with Crippen LogP contribution in [0.2, 0.25) is 0 Å². The van der Waals surface area contributed by atoms with E-state index >= 15 is 0 Å². The molecule has 3 heterocycles. The Balaban J connectivity index is 2.05. The van der Waals surface area contributed by atoms with E-state index in [1.807, 2.05) is 12.1 Å². The minimum absolute atomic E-state index is 0.270. The fraction of sp³-hybridized carbons (Fsp3) is 0.0500. The number of nitrogens with two attached hydrogens (primary N) is 1. The zero-order valence-electron chi connectivity index (χ0n) is 14.8. The van der Waals surface area contributed by atoms with Crippen molar-refractivity contribution in [3.8, 4) is 17.0 Å². The Kier molecular flexibility index (Phi) is 3.29. The molecule has 4 N–H and O–H groups in total. The molecule has 0 aliphatic rings. The lowest BCUT2D eigenvalue weighted by atomic mass is 9.99. The first-order chi connectivity index (χ1) is 13.6. The van der Waals surface area contributed by atoms with E-state index in [4.69, 9.17) is 10.5 Å². The average molecular weight is 373 g/mol. The van der Waals surface area contributed by atoms with Gasteiger partial charge in [0.2, 0.25) is 0 Å². The highest BCUT2D eigenvalue weighted by molar-refractivity contribution is 6.23. The molecular weight excluding hydrogens is 358 g/mol. The predicted octanol–water partition coefficient (Wildman–Crippen LogP) is 2.92. The van der Waals surface area contributed by atoms with E-state index in [0.29, 0.717) is 54.9 Å². The standard InChI is InChI=1S/C20H15N5O3/c1-28-11-8-6-10(7-9-11)17-15-14(16-18(21)23-24-19(16)22-17)12-4-2-3-5-13(12)25(27)20(15)26/h2-9,27H,1H3,(H3,21,22,23,24). The quantitative estimate of drug-likeness (QED) is 0.323. The third kappa shape index (κ3) is 2.08. The number of H-pyrrole nitrogens is 1. The lowest BCUT2D eigenvalue weighted by molar-refractivity contribution is 0.190. The molecule has 0 bridgehead atoms. The number of para-hydroxylation sites is 1. The maximum atomic E-state index is 13.1. The van der Waals surface area contributed by atoms with Crippen LogP contribution in [0.3, 0.4) is 0 Å². The summed E-state index contributed by atoms with van der Waals surface area (Å²) in [6.07, 6.45) is 0. The smallest absolute Gasteiger partial charge is 0.293 e. The van der Waals surface area contributed by atoms with Crippen molar-refractivity contribution in [2.45, 2.75) is 0 Å². The lowest BCUT2D eigenvalue weighted by Gasteiger charge is -2.12. The molecule has 138 valence electrons. The Morgan fingerprint density at radius 1 is 1.07 bits per heavy atom. The van der Waals surface area contributed by atoms with Gasteiger partial charge < -0.3 is 15.7 Å². The molecule has 28 heavy (non-hydrogen) atoms. The van der Waals surface area contributed by atoms with Crippen LogP contribution >= 0.6 is 0 Å². The van der Waals surface area contributed by atoms with Crippen molar-refractivity contribution in [3.63, 3.8) is 0 Å². The summed E-state index contributed by atoms with van der Waals surface area (Å²) in [6.45, 7) is 0. The van der Waals surface area contributed by atoms with Gasteiger partial charge in [-0.3, -0.25) is 9.89 Å². The number of anilines is 1. The van der Waals surface area contributed by atoms with Crippen LogP contribution in [0.25, 0.3) is 44.0 Å². The van der Waals surface area contributed by atoms with Crippen molar-refractivity contribution in [2.24, 2.45) is 0 Å². The van der Waals surface area contributed by atoms with Crippen molar-refractivity contribution < 1.29 is 9.94 Å². The molecule has 0 amide bonds. The summed E-state index contributed by atoms with van der Waals surface area (Å²) < 4.78 is 5.85. The van der Waals surface area contributed by atoms with E-state index in [1.54, 1.807) is 43.5 Å². The molecular formula is C20H15N5O3. The van der Waals surface area contributed by atoms with E-state index in [2.05, 4.69) is 15.2 Å². The van der Waals surface area contributed by atoms with Crippen LogP contribution in [0.15, 0.2) is 53.3 Å². The minimum atomic E-state index is -0.575. The second kappa shape index (κ2) is 5.71. The summed E-state index contributed by atoms with van der Waals surface area (Å²) in [5.41, 5.74) is 7.42. The average Bonchev–Trinajstić information content (AvgIpc) is 3.11. The van der Waals surface area contributed by atoms with Crippen LogP contribution in [-0.4, -0.2) is 32.2 Å². The molecule has 0 fully saturated rings. The monoisotopic (exact) mass is 373 g/mol. The van der Waals surface area contributed by atoms with Gasteiger partial charge in [0.15, 0.2) is 5.65 Å². The second-order valence-electron chi connectivity index (χ2n) is 6.41. The van der Waals surface area contributed by atoms with Gasteiger partial charge in [0.05, 0.1) is 29.1 Å². The molecule has 0 spiro atoms. The van der Waals surface area contributed by atoms with E-state index in [1.165, 1.54) is 0 Å². The molecule has 0 unspecified atom stereocenters. The summed E-state index contributed by atoms with van der Waals surface area (Å²) in [4.78, 5) is 17.7. The van der Waals surface area contributed by atoms with Crippen LogP contribution in [0.4, 0.5) is 5.82 Å². The van der Waals surface area contributed by atoms with E-state index in [0.717, 1.165) is 0 Å². The number of methoxy groups -OCH3 is 1. The highest BCUT2D eigenvalue weighted by atomic mass is 16.5. The number of aromatic amines is 1. The normalized spacial score (nSPS) is 11.5. The third-order valence-electron chi connectivity index (χ3n) is 4.90. The number of pyridine rings is 2. The molecule has 2 aromatic carbocycles. The minimum Gasteiger partial charge on any atom is -0.497 e. The maximum absolute atomic E-state index is 13.1. The molecule has 0 atom stereocenters. The predicted molar refractivity (Wildman–Crippen MR) is 107 cm³/mol. The van der Waals surface area contributed by atoms with E-state index in [9.17, 15) is 10.0 Å². The third-order valence-corrected chi connectivity index (χ3v) is 4.90. The molecule has 8 heteroatoms. The molecule has 0 radical (unpaired) electrons. The molecule has 5 aromatic rings. The maximum Gasteiger partial charge on any atom is 0.293 e. The van der Waals surface area contributed by atoms with Crippen molar-refractivity contribution in [2.75, 3.05) is 12.8 Å². The molecule has 5 rings (SSSR count). The van der Waals surface area contributed by atoms with Crippen molar-refractivity contribution in [3.05, 3.63) is 58.9 Å². The van der Waals surface area contributed by atoms with Crippen molar-refractivity contribution >= 4 is 38.5 Å². The molecule has 8 nitrogen and oxygen atoms in total. The van der Waals surface area contributed by atoms with Gasteiger partial charge in [0.1, 0.15) is 11.6 Å². The summed E-state index contributed by atoms with van der Waals surface area (Å²) in [5.74, 6) is 0.997. The van der Waals surface area contributed by atoms with Crippen LogP contribution in [0.1, 0.15) is 0 Å². The highest BCUT2D eigenvalue weighted by Gasteiger charge is 2.21. The van der Waals surface area contributed by atoms with Gasteiger partial charge in [-0.15, -0.1) is 4.73 Å². The van der Waals surface area contributed by atoms with Gasteiger partial charge >= 0.3 is 0 Å². The second-order valence-corrected chi connectivity index (χ2v) is 6.41. The van der Waals surface area contributed by atoms with Crippen LogP contribution in [0.5, 0.6) is 5.75 Å². The van der Waals surface area contributed by atoms with Gasteiger partial charge in [0.25, 0.3) is 5.56 Å². The lowest BCUT2D eigenvalue weighted by Crippen LogP contribution is -2.19. The van der Waals surface area contributed by atoms with Crippen LogP contribution in [0, 0.1) is 0 Å². The van der Waals surface area contributed by atoms with Gasteiger partial charge in [0, 0.05) is 16.3 Å². The number of rotatable bonds is 2. The summed E-state index contributed by atoms with van der Waals surface area (Å²) in [7, 11) is 1.58. The Labute approximate surface area is 157 Å². The van der Waals surface area contributed by atoms with Crippen molar-refractivity contribution in [1.29, 1.82) is 0 Å². The number of hydrogen-bond acceptors (Lipinski definition) is 6. The first kappa shape index (κ1) is 16.1. The molecule has 0 saturated heterocycles. The summed E-state index contributed by atoms with van der Waals surface area (Å²) >= 11 is 0. The fourth-order valence-electron chi connectivity index (χ4n) is 3.60. The van der Waals surface area contributed by atoms with Gasteiger partial charge in [-0.1, -0.05) is 18.2 Å². The molecule has 0 aliphatic carbocycles. The first-order valence-corrected chi connectivity index (χ1v) is 8.55. The molecule has 0 saturated carbocycles. The molecule has 0 aliphatic heterocycles. The Bertz CT molecular complexity index is 1430. The number of hydrogen-bond donors (Lipinski definition) is 3. The Hall–Kier alpha value is -4.07. The van der Waals surface area contributed by atoms with Gasteiger partial charge in [-0.05, 0) is 30.3 Å². The number of fused-ring (bicyclic) bond motifs is 5. The van der Waals surface area contributed by atoms with E-state index < -0.39 is 5.56 Å². The van der Waals surface area contributed by atoms with Gasteiger partial charge in [-0.25, -0.2) is 4.98 Å². The number of benzene rings is 2. The number of nitrogens with zero attached hydrogens (tertiary/aromatic N) is 3. The number of nitrogens with one attached hydrogen (secondary N) is 1. The summed E-state index contributed by atoms with van der Waals surface area (Å²) in [6, 6.07) is 14.3. The Morgan fingerprint density at radius 3 is 2.57 bits per heavy atom. The van der Waals surface area contributed by atoms with Gasteiger partial charge in [-0.2, -0.15) is 5.10 Å². The zero-order chi connectivity index (χ0) is 19.4. The first-order valence-electron chi connectivity index (χ1n) is 8.55. The Morgan fingerprint density at radius 2 is 1.82 bits per heavy atom. The molecule has 3 aromatic heterocycles.